The molecule has 1 saturated heterocycles. The fourth-order valence-corrected chi connectivity index (χ4v) is 4.11. The number of nitrogens with one attached hydrogen (secondary N) is 1. The van der Waals surface area contributed by atoms with Crippen LogP contribution in [0.5, 0.6) is 0 Å². The highest BCUT2D eigenvalue weighted by Crippen LogP contribution is 2.39. The van der Waals surface area contributed by atoms with E-state index >= 15 is 0 Å². The van der Waals surface area contributed by atoms with Gasteiger partial charge in [-0.1, -0.05) is 0 Å². The average molecular weight is 434 g/mol. The lowest BCUT2D eigenvalue weighted by molar-refractivity contribution is 0.244. The number of anilines is 2. The minimum atomic E-state index is -0.309. The number of amides is 2. The van der Waals surface area contributed by atoms with Crippen molar-refractivity contribution in [2.45, 2.75) is 32.7 Å². The molecule has 0 aromatic carbocycles. The van der Waals surface area contributed by atoms with Crippen LogP contribution in [0.1, 0.15) is 25.5 Å². The highest BCUT2D eigenvalue weighted by atomic mass is 16.5. The van der Waals surface area contributed by atoms with Crippen molar-refractivity contribution < 1.29 is 9.53 Å². The highest BCUT2D eigenvalue weighted by molar-refractivity contribution is 5.97. The number of aliphatic imine (C=N–C) groups is 2. The molecule has 0 aliphatic carbocycles. The molecule has 0 radical (unpaired) electrons. The van der Waals surface area contributed by atoms with E-state index in [1.807, 2.05) is 31.2 Å². The van der Waals surface area contributed by atoms with Crippen LogP contribution in [0.2, 0.25) is 0 Å². The average Bonchev–Trinajstić information content (AvgIpc) is 2.79. The SMILES string of the molecule is C=N/C=C(\N=C(/C)OC)NC(=O)N1c2nc(-c3ccnc(C)c3)ccc2N2CCC[C@H]1C2. The maximum absolute atomic E-state index is 13.5. The van der Waals surface area contributed by atoms with E-state index in [-0.39, 0.29) is 17.9 Å². The number of aryl methyl sites for hydroxylation is 1. The summed E-state index contributed by atoms with van der Waals surface area (Å²) in [5, 5.41) is 2.84. The van der Waals surface area contributed by atoms with Crippen molar-refractivity contribution in [2.24, 2.45) is 9.98 Å². The summed E-state index contributed by atoms with van der Waals surface area (Å²) in [6, 6.07) is 7.67. The molecule has 9 heteroatoms. The molecule has 4 rings (SSSR count). The Kier molecular flexibility index (Phi) is 6.16. The normalized spacial score (nSPS) is 18.2. The van der Waals surface area contributed by atoms with Gasteiger partial charge in [0.2, 0.25) is 0 Å². The van der Waals surface area contributed by atoms with E-state index in [1.165, 1.54) is 13.3 Å². The largest absolute Gasteiger partial charge is 0.484 e. The summed E-state index contributed by atoms with van der Waals surface area (Å²) in [4.78, 5) is 34.7. The van der Waals surface area contributed by atoms with Crippen LogP contribution < -0.4 is 15.1 Å². The van der Waals surface area contributed by atoms with Crippen molar-refractivity contribution in [1.29, 1.82) is 0 Å². The molecule has 1 fully saturated rings. The molecule has 4 heterocycles. The number of hydrogen-bond donors (Lipinski definition) is 1. The third kappa shape index (κ3) is 4.32. The first-order chi connectivity index (χ1) is 15.5. The molecular weight excluding hydrogens is 406 g/mol. The molecule has 1 atom stereocenters. The van der Waals surface area contributed by atoms with Gasteiger partial charge in [0.15, 0.2) is 17.5 Å². The van der Waals surface area contributed by atoms with Crippen molar-refractivity contribution in [3.05, 3.63) is 48.2 Å². The molecular formula is C23H27N7O2. The Balaban J connectivity index is 1.73. The summed E-state index contributed by atoms with van der Waals surface area (Å²) >= 11 is 0. The number of urea groups is 1. The molecule has 2 aromatic rings. The number of pyridine rings is 2. The highest BCUT2D eigenvalue weighted by Gasteiger charge is 2.38. The number of methoxy groups -OCH3 is 1. The van der Waals surface area contributed by atoms with E-state index in [9.17, 15) is 4.79 Å². The lowest BCUT2D eigenvalue weighted by Crippen LogP contribution is -2.57. The molecule has 0 spiro atoms. The lowest BCUT2D eigenvalue weighted by Gasteiger charge is -2.45. The molecule has 2 amide bonds. The van der Waals surface area contributed by atoms with Gasteiger partial charge >= 0.3 is 6.03 Å². The lowest BCUT2D eigenvalue weighted by atomic mass is 9.99. The first-order valence-corrected chi connectivity index (χ1v) is 10.5. The van der Waals surface area contributed by atoms with Crippen LogP contribution >= 0.6 is 0 Å². The number of piperidine rings is 1. The maximum Gasteiger partial charge on any atom is 0.329 e. The van der Waals surface area contributed by atoms with Crippen molar-refractivity contribution in [3.63, 3.8) is 0 Å². The molecule has 1 N–H and O–H groups in total. The van der Waals surface area contributed by atoms with Gasteiger partial charge in [0, 0.05) is 37.5 Å². The van der Waals surface area contributed by atoms with Gasteiger partial charge in [0.05, 0.1) is 30.7 Å². The minimum absolute atomic E-state index is 0.0172. The first-order valence-electron chi connectivity index (χ1n) is 10.5. The first kappa shape index (κ1) is 21.5. The van der Waals surface area contributed by atoms with Crippen molar-refractivity contribution in [1.82, 2.24) is 15.3 Å². The number of fused-ring (bicyclic) bond motifs is 4. The summed E-state index contributed by atoms with van der Waals surface area (Å²) in [6.07, 6.45) is 5.08. The smallest absolute Gasteiger partial charge is 0.329 e. The molecule has 166 valence electrons. The van der Waals surface area contributed by atoms with E-state index in [4.69, 9.17) is 9.72 Å². The van der Waals surface area contributed by atoms with Gasteiger partial charge in [-0.3, -0.25) is 20.2 Å². The van der Waals surface area contributed by atoms with Crippen LogP contribution in [0, 0.1) is 6.92 Å². The zero-order chi connectivity index (χ0) is 22.7. The second-order valence-corrected chi connectivity index (χ2v) is 7.80. The molecule has 0 saturated carbocycles. The quantitative estimate of drug-likeness (QED) is 0.588. The third-order valence-electron chi connectivity index (χ3n) is 5.62. The monoisotopic (exact) mass is 433 g/mol. The second-order valence-electron chi connectivity index (χ2n) is 7.80. The van der Waals surface area contributed by atoms with E-state index in [0.717, 1.165) is 48.6 Å². The maximum atomic E-state index is 13.5. The summed E-state index contributed by atoms with van der Waals surface area (Å²) in [7, 11) is 1.52. The van der Waals surface area contributed by atoms with Crippen molar-refractivity contribution in [2.75, 3.05) is 30.0 Å². The zero-order valence-corrected chi connectivity index (χ0v) is 18.6. The second kappa shape index (κ2) is 9.17. The van der Waals surface area contributed by atoms with Crippen molar-refractivity contribution >= 4 is 30.2 Å². The van der Waals surface area contributed by atoms with Crippen LogP contribution in [0.15, 0.2) is 52.5 Å². The van der Waals surface area contributed by atoms with E-state index in [2.05, 4.69) is 31.9 Å². The molecule has 2 aromatic heterocycles. The van der Waals surface area contributed by atoms with Gasteiger partial charge in [-0.2, -0.15) is 4.99 Å². The Bertz CT molecular complexity index is 1100. The predicted molar refractivity (Wildman–Crippen MR) is 126 cm³/mol. The molecule has 9 nitrogen and oxygen atoms in total. The molecule has 0 unspecified atom stereocenters. The van der Waals surface area contributed by atoms with Crippen molar-refractivity contribution in [3.8, 4) is 11.3 Å². The van der Waals surface area contributed by atoms with Crippen LogP contribution in [0.25, 0.3) is 11.3 Å². The number of hydrogen-bond acceptors (Lipinski definition) is 7. The molecule has 2 aliphatic rings. The fourth-order valence-electron chi connectivity index (χ4n) is 4.11. The number of carbonyl (C=O) groups is 1. The fraction of sp³-hybridized carbons (Fsp3) is 0.348. The third-order valence-corrected chi connectivity index (χ3v) is 5.62. The standard InChI is InChI=1S/C23H27N7O2/c1-15-12-17(9-10-25-15)19-7-8-20-22(27-19)30(18-6-5-11-29(20)14-18)23(31)28-21(13-24-3)26-16(2)32-4/h7-10,12-13,18H,3,5-6,11,14H2,1-2,4H3,(H,28,31)/b21-13+,26-16+/t18-/m0/s1. The van der Waals surface area contributed by atoms with Gasteiger partial charge in [-0.15, -0.1) is 0 Å². The Hall–Kier alpha value is -3.75. The van der Waals surface area contributed by atoms with Gasteiger partial charge in [0.25, 0.3) is 0 Å². The van der Waals surface area contributed by atoms with Crippen LogP contribution in [-0.4, -0.2) is 54.9 Å². The summed E-state index contributed by atoms with van der Waals surface area (Å²) in [6.45, 7) is 8.84. The van der Waals surface area contributed by atoms with Gasteiger partial charge in [-0.05, 0) is 50.7 Å². The number of rotatable bonds is 4. The Morgan fingerprint density at radius 2 is 2.22 bits per heavy atom. The Morgan fingerprint density at radius 1 is 1.38 bits per heavy atom. The summed E-state index contributed by atoms with van der Waals surface area (Å²) in [5.74, 6) is 1.30. The van der Waals surface area contributed by atoms with Gasteiger partial charge in [-0.25, -0.2) is 9.78 Å². The predicted octanol–water partition coefficient (Wildman–Crippen LogP) is 3.51. The topological polar surface area (TPSA) is 95.3 Å². The van der Waals surface area contributed by atoms with Crippen LogP contribution in [0.3, 0.4) is 0 Å². The zero-order valence-electron chi connectivity index (χ0n) is 18.6. The Labute approximate surface area is 187 Å². The summed E-state index contributed by atoms with van der Waals surface area (Å²) < 4.78 is 5.11. The van der Waals surface area contributed by atoms with E-state index in [1.54, 1.807) is 18.0 Å². The summed E-state index contributed by atoms with van der Waals surface area (Å²) in [5.41, 5.74) is 3.62. The Morgan fingerprint density at radius 3 is 2.97 bits per heavy atom. The number of nitrogens with zero attached hydrogens (tertiary/aromatic N) is 6. The minimum Gasteiger partial charge on any atom is -0.484 e. The van der Waals surface area contributed by atoms with Crippen LogP contribution in [-0.2, 0) is 4.74 Å². The molecule has 2 aliphatic heterocycles. The number of carbonyl (C=O) groups excluding carboxylic acids is 1. The van der Waals surface area contributed by atoms with Gasteiger partial charge < -0.3 is 9.64 Å². The number of aromatic nitrogens is 2. The molecule has 32 heavy (non-hydrogen) atoms. The van der Waals surface area contributed by atoms with Gasteiger partial charge in [0.1, 0.15) is 0 Å². The molecule has 2 bridgehead atoms. The van der Waals surface area contributed by atoms with Crippen LogP contribution in [0.4, 0.5) is 16.3 Å². The van der Waals surface area contributed by atoms with E-state index < -0.39 is 0 Å². The number of ether oxygens (including phenoxy) is 1. The van der Waals surface area contributed by atoms with E-state index in [0.29, 0.717) is 11.7 Å².